The van der Waals surface area contributed by atoms with E-state index >= 15 is 0 Å². The third kappa shape index (κ3) is 2.82. The molecule has 1 aliphatic rings. The Kier molecular flexibility index (Phi) is 4.06. The minimum atomic E-state index is -0.0694. The smallest absolute Gasteiger partial charge is 0.254 e. The van der Waals surface area contributed by atoms with Crippen molar-refractivity contribution in [3.05, 3.63) is 101 Å². The van der Waals surface area contributed by atoms with Gasteiger partial charge in [-0.25, -0.2) is 0 Å². The topological polar surface area (TPSA) is 33.2 Å². The van der Waals surface area contributed by atoms with Crippen LogP contribution in [0.5, 0.6) is 0 Å². The molecule has 2 heterocycles. The third-order valence-corrected chi connectivity index (χ3v) is 4.94. The van der Waals surface area contributed by atoms with E-state index in [4.69, 9.17) is 0 Å². The highest BCUT2D eigenvalue weighted by molar-refractivity contribution is 5.96. The van der Waals surface area contributed by atoms with Crippen LogP contribution in [0.2, 0.25) is 0 Å². The fourth-order valence-electron chi connectivity index (χ4n) is 3.66. The lowest BCUT2D eigenvalue weighted by molar-refractivity contribution is 0.0694. The molecular formula is C22H20N2O. The summed E-state index contributed by atoms with van der Waals surface area (Å²) in [6.07, 6.45) is 4.47. The molecule has 0 saturated heterocycles. The maximum absolute atomic E-state index is 13.3. The van der Waals surface area contributed by atoms with Crippen LogP contribution < -0.4 is 0 Å². The lowest BCUT2D eigenvalue weighted by Gasteiger charge is -2.38. The highest BCUT2D eigenvalue weighted by Crippen LogP contribution is 2.36. The van der Waals surface area contributed by atoms with Gasteiger partial charge >= 0.3 is 0 Å². The minimum Gasteiger partial charge on any atom is -0.327 e. The molecule has 2 aromatic carbocycles. The van der Waals surface area contributed by atoms with E-state index in [1.165, 1.54) is 11.1 Å². The predicted octanol–water partition coefficient (Wildman–Crippen LogP) is 4.18. The number of nitrogens with zero attached hydrogens (tertiary/aromatic N) is 2. The molecule has 124 valence electrons. The van der Waals surface area contributed by atoms with Gasteiger partial charge in [-0.1, -0.05) is 42.5 Å². The van der Waals surface area contributed by atoms with Crippen molar-refractivity contribution in [3.63, 3.8) is 0 Å². The number of rotatable bonds is 2. The molecule has 4 rings (SSSR count). The fourth-order valence-corrected chi connectivity index (χ4v) is 3.66. The summed E-state index contributed by atoms with van der Waals surface area (Å²) in [6, 6.07) is 20.2. The first-order chi connectivity index (χ1) is 12.3. The van der Waals surface area contributed by atoms with Crippen LogP contribution in [-0.4, -0.2) is 22.3 Å². The normalized spacial score (nSPS) is 16.4. The first kappa shape index (κ1) is 15.6. The van der Waals surface area contributed by atoms with Crippen LogP contribution in [0, 0.1) is 6.92 Å². The molecule has 1 aromatic heterocycles. The molecule has 25 heavy (non-hydrogen) atoms. The van der Waals surface area contributed by atoms with E-state index in [-0.39, 0.29) is 11.9 Å². The lowest BCUT2D eigenvalue weighted by atomic mass is 9.88. The second-order valence-corrected chi connectivity index (χ2v) is 6.45. The number of hydrogen-bond acceptors (Lipinski definition) is 2. The summed E-state index contributed by atoms with van der Waals surface area (Å²) < 4.78 is 0. The second-order valence-electron chi connectivity index (χ2n) is 6.45. The van der Waals surface area contributed by atoms with Crippen molar-refractivity contribution in [3.8, 4) is 0 Å². The minimum absolute atomic E-state index is 0.0694. The zero-order valence-electron chi connectivity index (χ0n) is 14.2. The Balaban J connectivity index is 1.82. The molecule has 0 aliphatic carbocycles. The van der Waals surface area contributed by atoms with Gasteiger partial charge in [-0.05, 0) is 53.8 Å². The predicted molar refractivity (Wildman–Crippen MR) is 98.4 cm³/mol. The monoisotopic (exact) mass is 328 g/mol. The number of pyridine rings is 1. The van der Waals surface area contributed by atoms with Crippen LogP contribution in [0.15, 0.2) is 73.1 Å². The summed E-state index contributed by atoms with van der Waals surface area (Å²) in [5.41, 5.74) is 5.42. The Morgan fingerprint density at radius 2 is 1.72 bits per heavy atom. The molecule has 0 bridgehead atoms. The van der Waals surface area contributed by atoms with Crippen LogP contribution in [-0.2, 0) is 6.42 Å². The largest absolute Gasteiger partial charge is 0.327 e. The Morgan fingerprint density at radius 3 is 2.52 bits per heavy atom. The summed E-state index contributed by atoms with van der Waals surface area (Å²) in [6.45, 7) is 2.71. The second kappa shape index (κ2) is 6.52. The molecule has 0 radical (unpaired) electrons. The highest BCUT2D eigenvalue weighted by atomic mass is 16.2. The number of aryl methyl sites for hydroxylation is 1. The van der Waals surface area contributed by atoms with Gasteiger partial charge in [0.1, 0.15) is 0 Å². The number of carbonyl (C=O) groups excluding carboxylic acids is 1. The number of aromatic nitrogens is 1. The molecule has 1 aliphatic heterocycles. The number of amides is 1. The van der Waals surface area contributed by atoms with Crippen molar-refractivity contribution in [1.29, 1.82) is 0 Å². The van der Waals surface area contributed by atoms with Gasteiger partial charge in [0.25, 0.3) is 5.91 Å². The van der Waals surface area contributed by atoms with Crippen LogP contribution in [0.25, 0.3) is 0 Å². The van der Waals surface area contributed by atoms with E-state index < -0.39 is 0 Å². The van der Waals surface area contributed by atoms with Gasteiger partial charge in [0, 0.05) is 24.5 Å². The van der Waals surface area contributed by atoms with Crippen molar-refractivity contribution < 1.29 is 4.79 Å². The first-order valence-corrected chi connectivity index (χ1v) is 8.60. The molecule has 3 heteroatoms. The number of carbonyl (C=O) groups is 1. The standard InChI is InChI=1S/C22H20N2O/c1-16-6-2-4-8-19(16)22(25)24-15-12-17-7-3-5-9-20(17)21(24)18-10-13-23-14-11-18/h2-11,13-14,21H,12,15H2,1H3. The van der Waals surface area contributed by atoms with Gasteiger partial charge in [0.2, 0.25) is 0 Å². The quantitative estimate of drug-likeness (QED) is 0.707. The van der Waals surface area contributed by atoms with Crippen molar-refractivity contribution in [2.24, 2.45) is 0 Å². The first-order valence-electron chi connectivity index (χ1n) is 8.60. The molecule has 1 atom stereocenters. The Labute approximate surface area is 148 Å². The zero-order valence-corrected chi connectivity index (χ0v) is 14.2. The lowest BCUT2D eigenvalue weighted by Crippen LogP contribution is -2.40. The Bertz CT molecular complexity index is 905. The van der Waals surface area contributed by atoms with Gasteiger partial charge in [0.15, 0.2) is 0 Å². The van der Waals surface area contributed by atoms with E-state index in [1.54, 1.807) is 12.4 Å². The highest BCUT2D eigenvalue weighted by Gasteiger charge is 2.32. The molecular weight excluding hydrogens is 308 g/mol. The molecule has 0 saturated carbocycles. The van der Waals surface area contributed by atoms with E-state index in [9.17, 15) is 4.79 Å². The molecule has 0 N–H and O–H groups in total. The SMILES string of the molecule is Cc1ccccc1C(=O)N1CCc2ccccc2C1c1ccncc1. The average molecular weight is 328 g/mol. The van der Waals surface area contributed by atoms with E-state index in [0.29, 0.717) is 0 Å². The van der Waals surface area contributed by atoms with Crippen LogP contribution in [0.3, 0.4) is 0 Å². The summed E-state index contributed by atoms with van der Waals surface area (Å²) in [5.74, 6) is 0.0921. The average Bonchev–Trinajstić information content (AvgIpc) is 2.67. The van der Waals surface area contributed by atoms with Crippen LogP contribution in [0.1, 0.15) is 38.7 Å². The molecule has 0 fully saturated rings. The summed E-state index contributed by atoms with van der Waals surface area (Å²) >= 11 is 0. The molecule has 1 unspecified atom stereocenters. The maximum Gasteiger partial charge on any atom is 0.254 e. The third-order valence-electron chi connectivity index (χ3n) is 4.94. The van der Waals surface area contributed by atoms with Crippen molar-refractivity contribution in [2.75, 3.05) is 6.54 Å². The van der Waals surface area contributed by atoms with Crippen molar-refractivity contribution >= 4 is 5.91 Å². The van der Waals surface area contributed by atoms with Crippen LogP contribution in [0.4, 0.5) is 0 Å². The molecule has 1 amide bonds. The van der Waals surface area contributed by atoms with Crippen LogP contribution >= 0.6 is 0 Å². The summed E-state index contributed by atoms with van der Waals surface area (Å²) in [5, 5.41) is 0. The van der Waals surface area contributed by atoms with Gasteiger partial charge in [-0.2, -0.15) is 0 Å². The summed E-state index contributed by atoms with van der Waals surface area (Å²) in [7, 11) is 0. The van der Waals surface area contributed by atoms with Gasteiger partial charge in [-0.3, -0.25) is 9.78 Å². The molecule has 0 spiro atoms. The van der Waals surface area contributed by atoms with E-state index in [1.807, 2.05) is 48.2 Å². The number of benzene rings is 2. The summed E-state index contributed by atoms with van der Waals surface area (Å²) in [4.78, 5) is 19.5. The van der Waals surface area contributed by atoms with E-state index in [0.717, 1.165) is 29.7 Å². The van der Waals surface area contributed by atoms with Gasteiger partial charge < -0.3 is 4.90 Å². The van der Waals surface area contributed by atoms with Crippen molar-refractivity contribution in [2.45, 2.75) is 19.4 Å². The number of fused-ring (bicyclic) bond motifs is 1. The zero-order chi connectivity index (χ0) is 17.2. The molecule has 3 nitrogen and oxygen atoms in total. The Morgan fingerprint density at radius 1 is 1.00 bits per heavy atom. The molecule has 3 aromatic rings. The Hall–Kier alpha value is -2.94. The van der Waals surface area contributed by atoms with E-state index in [2.05, 4.69) is 29.2 Å². The van der Waals surface area contributed by atoms with Gasteiger partial charge in [-0.15, -0.1) is 0 Å². The fraction of sp³-hybridized carbons (Fsp3) is 0.182. The maximum atomic E-state index is 13.3. The van der Waals surface area contributed by atoms with Gasteiger partial charge in [0.05, 0.1) is 6.04 Å². The van der Waals surface area contributed by atoms with Crippen molar-refractivity contribution in [1.82, 2.24) is 9.88 Å². The number of hydrogen-bond donors (Lipinski definition) is 0.